The van der Waals surface area contributed by atoms with Crippen LogP contribution in [-0.4, -0.2) is 61.6 Å². The molecule has 116 valence electrons. The summed E-state index contributed by atoms with van der Waals surface area (Å²) in [5.74, 6) is 3.71. The summed E-state index contributed by atoms with van der Waals surface area (Å²) in [4.78, 5) is 2.24. The Balaban J connectivity index is 1.68. The zero-order valence-electron chi connectivity index (χ0n) is 12.3. The molecule has 3 aliphatic rings. The fourth-order valence-corrected chi connectivity index (χ4v) is 7.19. The lowest BCUT2D eigenvalue weighted by atomic mass is 9.94. The van der Waals surface area contributed by atoms with Crippen molar-refractivity contribution in [2.75, 3.05) is 36.9 Å². The van der Waals surface area contributed by atoms with Gasteiger partial charge in [-0.25, -0.2) is 8.42 Å². The summed E-state index contributed by atoms with van der Waals surface area (Å²) in [6.07, 6.45) is 4.05. The minimum atomic E-state index is -2.96. The fourth-order valence-electron chi connectivity index (χ4n) is 4.10. The van der Waals surface area contributed by atoms with Crippen LogP contribution in [0.2, 0.25) is 0 Å². The van der Waals surface area contributed by atoms with Crippen molar-refractivity contribution in [2.24, 2.45) is 11.8 Å². The van der Waals surface area contributed by atoms with Crippen LogP contribution in [0.1, 0.15) is 26.2 Å². The van der Waals surface area contributed by atoms with Crippen molar-refractivity contribution in [3.05, 3.63) is 0 Å². The number of nitrogens with zero attached hydrogens (tertiary/aromatic N) is 1. The van der Waals surface area contributed by atoms with Gasteiger partial charge in [0.2, 0.25) is 0 Å². The van der Waals surface area contributed by atoms with Gasteiger partial charge in [-0.2, -0.15) is 11.8 Å². The number of rotatable bonds is 4. The third kappa shape index (κ3) is 2.89. The average Bonchev–Trinajstić information content (AvgIpc) is 3.04. The van der Waals surface area contributed by atoms with Crippen LogP contribution in [0.15, 0.2) is 0 Å². The molecule has 4 unspecified atom stereocenters. The molecule has 4 atom stereocenters. The van der Waals surface area contributed by atoms with E-state index >= 15 is 0 Å². The Morgan fingerprint density at radius 1 is 1.35 bits per heavy atom. The number of thioether (sulfide) groups is 1. The second-order valence-electron chi connectivity index (χ2n) is 6.35. The third-order valence-electron chi connectivity index (χ3n) is 5.32. The van der Waals surface area contributed by atoms with E-state index in [4.69, 9.17) is 0 Å². The Kier molecular flexibility index (Phi) is 4.65. The summed E-state index contributed by atoms with van der Waals surface area (Å²) in [7, 11) is -2.96. The molecule has 0 aromatic carbocycles. The maximum absolute atomic E-state index is 12.3. The highest BCUT2D eigenvalue weighted by atomic mass is 32.2. The molecule has 1 N–H and O–H groups in total. The Morgan fingerprint density at radius 3 is 3.00 bits per heavy atom. The molecule has 0 amide bonds. The molecule has 1 saturated carbocycles. The number of sulfone groups is 1. The quantitative estimate of drug-likeness (QED) is 0.844. The Morgan fingerprint density at radius 2 is 2.20 bits per heavy atom. The van der Waals surface area contributed by atoms with E-state index < -0.39 is 9.84 Å². The van der Waals surface area contributed by atoms with Crippen LogP contribution in [0.25, 0.3) is 0 Å². The molecule has 0 bridgehead atoms. The van der Waals surface area contributed by atoms with Crippen molar-refractivity contribution < 1.29 is 8.42 Å². The number of hydrogen-bond donors (Lipinski definition) is 1. The molecular formula is C14H26N2O2S2. The van der Waals surface area contributed by atoms with E-state index in [0.29, 0.717) is 6.04 Å². The summed E-state index contributed by atoms with van der Waals surface area (Å²) in [6.45, 7) is 4.76. The molecule has 0 spiro atoms. The molecule has 6 heteroatoms. The van der Waals surface area contributed by atoms with Crippen molar-refractivity contribution in [3.63, 3.8) is 0 Å². The SMILES string of the molecule is CCS(=O)(=O)C1CSCCN1CC1NCC2CCCC21. The lowest BCUT2D eigenvalue weighted by molar-refractivity contribution is 0.222. The highest BCUT2D eigenvalue weighted by Crippen LogP contribution is 2.38. The molecule has 0 radical (unpaired) electrons. The van der Waals surface area contributed by atoms with Gasteiger partial charge < -0.3 is 5.32 Å². The summed E-state index contributed by atoms with van der Waals surface area (Å²) in [6, 6.07) is 0.514. The lowest BCUT2D eigenvalue weighted by Gasteiger charge is -2.37. The van der Waals surface area contributed by atoms with E-state index in [1.807, 2.05) is 0 Å². The summed E-state index contributed by atoms with van der Waals surface area (Å²) >= 11 is 1.79. The zero-order valence-corrected chi connectivity index (χ0v) is 13.9. The van der Waals surface area contributed by atoms with Gasteiger partial charge in [-0.1, -0.05) is 13.3 Å². The van der Waals surface area contributed by atoms with Gasteiger partial charge in [0.25, 0.3) is 0 Å². The van der Waals surface area contributed by atoms with Gasteiger partial charge >= 0.3 is 0 Å². The minimum Gasteiger partial charge on any atom is -0.312 e. The van der Waals surface area contributed by atoms with Crippen molar-refractivity contribution >= 4 is 21.6 Å². The van der Waals surface area contributed by atoms with Gasteiger partial charge in [0.05, 0.1) is 0 Å². The Bertz CT molecular complexity index is 440. The number of nitrogens with one attached hydrogen (secondary N) is 1. The second kappa shape index (κ2) is 6.15. The molecular weight excluding hydrogens is 292 g/mol. The van der Waals surface area contributed by atoms with Crippen LogP contribution in [0, 0.1) is 11.8 Å². The molecule has 2 heterocycles. The summed E-state index contributed by atoms with van der Waals surface area (Å²) in [5.41, 5.74) is 0. The van der Waals surface area contributed by atoms with Crippen molar-refractivity contribution in [1.29, 1.82) is 0 Å². The number of fused-ring (bicyclic) bond motifs is 1. The molecule has 3 fully saturated rings. The van der Waals surface area contributed by atoms with Crippen LogP contribution >= 0.6 is 11.8 Å². The van der Waals surface area contributed by atoms with Gasteiger partial charge in [0, 0.05) is 36.4 Å². The van der Waals surface area contributed by atoms with E-state index in [9.17, 15) is 8.42 Å². The van der Waals surface area contributed by atoms with Crippen LogP contribution < -0.4 is 5.32 Å². The smallest absolute Gasteiger partial charge is 0.166 e. The maximum atomic E-state index is 12.3. The Labute approximate surface area is 127 Å². The van der Waals surface area contributed by atoms with Gasteiger partial charge in [0.1, 0.15) is 5.37 Å². The molecule has 1 aliphatic carbocycles. The van der Waals surface area contributed by atoms with E-state index in [-0.39, 0.29) is 11.1 Å². The first-order valence-electron chi connectivity index (χ1n) is 7.88. The van der Waals surface area contributed by atoms with Crippen LogP contribution in [0.3, 0.4) is 0 Å². The Hall–Kier alpha value is 0.220. The molecule has 2 aliphatic heterocycles. The van der Waals surface area contributed by atoms with Crippen molar-refractivity contribution in [1.82, 2.24) is 10.2 Å². The predicted molar refractivity (Wildman–Crippen MR) is 84.8 cm³/mol. The van der Waals surface area contributed by atoms with Gasteiger partial charge in [-0.15, -0.1) is 0 Å². The lowest BCUT2D eigenvalue weighted by Crippen LogP contribution is -2.52. The topological polar surface area (TPSA) is 49.4 Å². The third-order valence-corrected chi connectivity index (χ3v) is 8.65. The van der Waals surface area contributed by atoms with Gasteiger partial charge in [-0.05, 0) is 31.2 Å². The molecule has 3 rings (SSSR count). The highest BCUT2D eigenvalue weighted by Gasteiger charge is 2.41. The maximum Gasteiger partial charge on any atom is 0.166 e. The van der Waals surface area contributed by atoms with Crippen LogP contribution in [0.4, 0.5) is 0 Å². The van der Waals surface area contributed by atoms with E-state index in [1.54, 1.807) is 18.7 Å². The monoisotopic (exact) mass is 318 g/mol. The average molecular weight is 319 g/mol. The van der Waals surface area contributed by atoms with Crippen LogP contribution in [0.5, 0.6) is 0 Å². The predicted octanol–water partition coefficient (Wildman–Crippen LogP) is 1.18. The molecule has 0 aromatic heterocycles. The van der Waals surface area contributed by atoms with Gasteiger partial charge in [0.15, 0.2) is 9.84 Å². The second-order valence-corrected chi connectivity index (χ2v) is 9.94. The normalized spacial score (nSPS) is 39.0. The van der Waals surface area contributed by atoms with E-state index in [1.165, 1.54) is 19.3 Å². The zero-order chi connectivity index (χ0) is 14.2. The van der Waals surface area contributed by atoms with Crippen molar-refractivity contribution in [3.8, 4) is 0 Å². The summed E-state index contributed by atoms with van der Waals surface area (Å²) < 4.78 is 24.6. The first-order chi connectivity index (χ1) is 9.62. The van der Waals surface area contributed by atoms with Crippen molar-refractivity contribution in [2.45, 2.75) is 37.6 Å². The largest absolute Gasteiger partial charge is 0.312 e. The first kappa shape index (κ1) is 15.1. The molecule has 20 heavy (non-hydrogen) atoms. The number of hydrogen-bond acceptors (Lipinski definition) is 5. The van der Waals surface area contributed by atoms with E-state index in [0.717, 1.165) is 43.0 Å². The highest BCUT2D eigenvalue weighted by molar-refractivity contribution is 8.01. The fraction of sp³-hybridized carbons (Fsp3) is 1.00. The van der Waals surface area contributed by atoms with Gasteiger partial charge in [-0.3, -0.25) is 4.90 Å². The standard InChI is InChI=1S/C14H26N2O2S2/c1-2-20(17,18)14-10-19-7-6-16(14)9-13-12-5-3-4-11(12)8-15-13/h11-15H,2-10H2,1H3. The van der Waals surface area contributed by atoms with E-state index in [2.05, 4.69) is 10.2 Å². The molecule has 2 saturated heterocycles. The first-order valence-corrected chi connectivity index (χ1v) is 10.8. The van der Waals surface area contributed by atoms with Crippen LogP contribution in [-0.2, 0) is 9.84 Å². The molecule has 4 nitrogen and oxygen atoms in total. The summed E-state index contributed by atoms with van der Waals surface area (Å²) in [5, 5.41) is 3.40. The minimum absolute atomic E-state index is 0.256. The molecule has 0 aromatic rings.